The number of amides is 1. The van der Waals surface area contributed by atoms with E-state index in [1.807, 2.05) is 18.2 Å². The molecule has 1 atom stereocenters. The molecule has 3 rings (SSSR count). The summed E-state index contributed by atoms with van der Waals surface area (Å²) in [5, 5.41) is 9.90. The van der Waals surface area contributed by atoms with E-state index in [0.717, 1.165) is 23.7 Å². The van der Waals surface area contributed by atoms with E-state index in [-0.39, 0.29) is 25.0 Å². The number of benzene rings is 1. The number of hydrogen-bond acceptors (Lipinski definition) is 3. The van der Waals surface area contributed by atoms with Gasteiger partial charge in [0.2, 0.25) is 0 Å². The fraction of sp³-hybridized carbons (Fsp3) is 0.412. The summed E-state index contributed by atoms with van der Waals surface area (Å²) in [7, 11) is 0. The van der Waals surface area contributed by atoms with Crippen LogP contribution in [0.5, 0.6) is 0 Å². The minimum absolute atomic E-state index is 0.00408. The fourth-order valence-electron chi connectivity index (χ4n) is 2.97. The maximum absolute atomic E-state index is 12.9. The molecule has 1 saturated heterocycles. The van der Waals surface area contributed by atoms with Gasteiger partial charge in [-0.25, -0.2) is 0 Å². The number of aromatic nitrogens is 1. The van der Waals surface area contributed by atoms with Crippen LogP contribution in [0.3, 0.4) is 0 Å². The zero-order chi connectivity index (χ0) is 16.2. The van der Waals surface area contributed by atoms with Gasteiger partial charge in [0.05, 0.1) is 23.6 Å². The van der Waals surface area contributed by atoms with Gasteiger partial charge < -0.3 is 19.7 Å². The van der Waals surface area contributed by atoms with Crippen molar-refractivity contribution in [1.82, 2.24) is 9.88 Å². The molecule has 1 fully saturated rings. The molecule has 23 heavy (non-hydrogen) atoms. The van der Waals surface area contributed by atoms with Crippen LogP contribution in [0.2, 0.25) is 0 Å². The number of carboxylic acids is 1. The second-order valence-electron chi connectivity index (χ2n) is 5.78. The Morgan fingerprint density at radius 1 is 1.35 bits per heavy atom. The summed E-state index contributed by atoms with van der Waals surface area (Å²) in [6, 6.07) is 7.45. The number of rotatable bonds is 6. The van der Waals surface area contributed by atoms with Gasteiger partial charge >= 0.3 is 5.97 Å². The number of carboxylic acid groups (broad SMARTS) is 1. The summed E-state index contributed by atoms with van der Waals surface area (Å²) in [5.74, 6) is -1.07. The number of nitrogens with one attached hydrogen (secondary N) is 1. The van der Waals surface area contributed by atoms with Crippen molar-refractivity contribution in [2.24, 2.45) is 0 Å². The molecule has 1 amide bonds. The second-order valence-corrected chi connectivity index (χ2v) is 5.78. The van der Waals surface area contributed by atoms with E-state index < -0.39 is 5.97 Å². The summed E-state index contributed by atoms with van der Waals surface area (Å²) in [6.45, 7) is 1.33. The van der Waals surface area contributed by atoms with Gasteiger partial charge in [-0.1, -0.05) is 12.1 Å². The van der Waals surface area contributed by atoms with Crippen molar-refractivity contribution < 1.29 is 19.4 Å². The monoisotopic (exact) mass is 316 g/mol. The van der Waals surface area contributed by atoms with Crippen molar-refractivity contribution in [3.05, 3.63) is 36.0 Å². The minimum atomic E-state index is -0.909. The molecular formula is C17H20N2O4. The molecule has 0 saturated carbocycles. The minimum Gasteiger partial charge on any atom is -0.481 e. The zero-order valence-electron chi connectivity index (χ0n) is 12.8. The Balaban J connectivity index is 1.83. The van der Waals surface area contributed by atoms with Gasteiger partial charge in [-0.15, -0.1) is 0 Å². The standard InChI is InChI=1S/C17H20N2O4/c20-15(21)7-9-19(11-13-4-2-10-23-13)17(22)14-5-1-3-12-6-8-18-16(12)14/h1,3,5-6,8,13,18H,2,4,7,9-11H2,(H,20,21)/t13-/m1/s1. The van der Waals surface area contributed by atoms with E-state index in [4.69, 9.17) is 9.84 Å². The van der Waals surface area contributed by atoms with Crippen LogP contribution in [0, 0.1) is 0 Å². The average Bonchev–Trinajstić information content (AvgIpc) is 3.21. The average molecular weight is 316 g/mol. The fourth-order valence-corrected chi connectivity index (χ4v) is 2.97. The number of hydrogen-bond donors (Lipinski definition) is 2. The van der Waals surface area contributed by atoms with E-state index in [2.05, 4.69) is 4.98 Å². The Bertz CT molecular complexity index is 703. The number of H-pyrrole nitrogens is 1. The Morgan fingerprint density at radius 2 is 2.22 bits per heavy atom. The number of para-hydroxylation sites is 1. The first-order valence-electron chi connectivity index (χ1n) is 7.84. The van der Waals surface area contributed by atoms with Crippen LogP contribution < -0.4 is 0 Å². The lowest BCUT2D eigenvalue weighted by molar-refractivity contribution is -0.137. The third kappa shape index (κ3) is 3.53. The molecule has 1 aliphatic rings. The third-order valence-corrected chi connectivity index (χ3v) is 4.15. The van der Waals surface area contributed by atoms with Gasteiger partial charge in [0.15, 0.2) is 0 Å². The molecule has 6 nitrogen and oxygen atoms in total. The smallest absolute Gasteiger partial charge is 0.305 e. The Morgan fingerprint density at radius 3 is 2.96 bits per heavy atom. The number of ether oxygens (including phenoxy) is 1. The van der Waals surface area contributed by atoms with Crippen molar-refractivity contribution in [3.63, 3.8) is 0 Å². The summed E-state index contributed by atoms with van der Waals surface area (Å²) in [6.07, 6.45) is 3.61. The highest BCUT2D eigenvalue weighted by molar-refractivity contribution is 6.05. The molecule has 2 heterocycles. The van der Waals surface area contributed by atoms with E-state index in [9.17, 15) is 9.59 Å². The van der Waals surface area contributed by atoms with Crippen LogP contribution in [0.15, 0.2) is 30.5 Å². The number of carbonyl (C=O) groups excluding carboxylic acids is 1. The van der Waals surface area contributed by atoms with Crippen molar-refractivity contribution in [2.75, 3.05) is 19.7 Å². The van der Waals surface area contributed by atoms with Gasteiger partial charge in [0.1, 0.15) is 0 Å². The van der Waals surface area contributed by atoms with E-state index >= 15 is 0 Å². The van der Waals surface area contributed by atoms with Crippen LogP contribution in [-0.2, 0) is 9.53 Å². The first-order valence-corrected chi connectivity index (χ1v) is 7.84. The van der Waals surface area contributed by atoms with Crippen LogP contribution in [0.1, 0.15) is 29.6 Å². The molecule has 2 N–H and O–H groups in total. The number of carbonyl (C=O) groups is 2. The van der Waals surface area contributed by atoms with Crippen molar-refractivity contribution in [3.8, 4) is 0 Å². The first kappa shape index (κ1) is 15.6. The predicted molar refractivity (Wildman–Crippen MR) is 85.4 cm³/mol. The molecule has 0 spiro atoms. The van der Waals surface area contributed by atoms with Crippen molar-refractivity contribution >= 4 is 22.8 Å². The number of aliphatic carboxylic acids is 1. The number of nitrogens with zero attached hydrogens (tertiary/aromatic N) is 1. The maximum Gasteiger partial charge on any atom is 0.305 e. The third-order valence-electron chi connectivity index (χ3n) is 4.15. The summed E-state index contributed by atoms with van der Waals surface area (Å²) in [5.41, 5.74) is 1.35. The van der Waals surface area contributed by atoms with E-state index in [1.54, 1.807) is 17.2 Å². The normalized spacial score (nSPS) is 17.5. The molecule has 0 unspecified atom stereocenters. The number of aromatic amines is 1. The highest BCUT2D eigenvalue weighted by Crippen LogP contribution is 2.20. The van der Waals surface area contributed by atoms with Gasteiger partial charge in [0.25, 0.3) is 5.91 Å². The van der Waals surface area contributed by atoms with Crippen LogP contribution in [0.25, 0.3) is 10.9 Å². The van der Waals surface area contributed by atoms with Gasteiger partial charge in [0, 0.05) is 31.3 Å². The molecule has 0 radical (unpaired) electrons. The predicted octanol–water partition coefficient (Wildman–Crippen LogP) is 2.26. The van der Waals surface area contributed by atoms with E-state index in [1.165, 1.54) is 0 Å². The quantitative estimate of drug-likeness (QED) is 0.856. The highest BCUT2D eigenvalue weighted by atomic mass is 16.5. The van der Waals surface area contributed by atoms with Crippen molar-refractivity contribution in [1.29, 1.82) is 0 Å². The highest BCUT2D eigenvalue weighted by Gasteiger charge is 2.25. The topological polar surface area (TPSA) is 82.6 Å². The number of fused-ring (bicyclic) bond motifs is 1. The van der Waals surface area contributed by atoms with Gasteiger partial charge in [-0.05, 0) is 25.0 Å². The second kappa shape index (κ2) is 6.83. The van der Waals surface area contributed by atoms with Crippen LogP contribution in [0.4, 0.5) is 0 Å². The molecule has 1 aliphatic heterocycles. The Hall–Kier alpha value is -2.34. The summed E-state index contributed by atoms with van der Waals surface area (Å²) >= 11 is 0. The molecule has 2 aromatic rings. The zero-order valence-corrected chi connectivity index (χ0v) is 12.8. The summed E-state index contributed by atoms with van der Waals surface area (Å²) < 4.78 is 5.60. The molecule has 122 valence electrons. The first-order chi connectivity index (χ1) is 11.1. The van der Waals surface area contributed by atoms with Crippen LogP contribution >= 0.6 is 0 Å². The lowest BCUT2D eigenvalue weighted by Crippen LogP contribution is -2.38. The van der Waals surface area contributed by atoms with Crippen LogP contribution in [-0.4, -0.2) is 52.7 Å². The lowest BCUT2D eigenvalue weighted by Gasteiger charge is -2.25. The molecule has 1 aromatic heterocycles. The SMILES string of the molecule is O=C(O)CCN(C[C@H]1CCCO1)C(=O)c1cccc2cc[nH]c12. The van der Waals surface area contributed by atoms with Crippen molar-refractivity contribution in [2.45, 2.75) is 25.4 Å². The molecule has 1 aromatic carbocycles. The summed E-state index contributed by atoms with van der Waals surface area (Å²) in [4.78, 5) is 28.5. The molecule has 6 heteroatoms. The largest absolute Gasteiger partial charge is 0.481 e. The lowest BCUT2D eigenvalue weighted by atomic mass is 10.1. The molecular weight excluding hydrogens is 296 g/mol. The van der Waals surface area contributed by atoms with E-state index in [0.29, 0.717) is 18.7 Å². The van der Waals surface area contributed by atoms with Gasteiger partial charge in [-0.3, -0.25) is 9.59 Å². The molecule has 0 bridgehead atoms. The molecule has 0 aliphatic carbocycles. The Kier molecular flexibility index (Phi) is 4.62. The maximum atomic E-state index is 12.9. The van der Waals surface area contributed by atoms with Gasteiger partial charge in [-0.2, -0.15) is 0 Å². The Labute approximate surface area is 134 Å².